The molecule has 0 aliphatic heterocycles. The van der Waals surface area contributed by atoms with Crippen LogP contribution in [0.1, 0.15) is 35.6 Å². The molecule has 2 aromatic rings. The molecule has 2 amide bonds. The molecule has 0 saturated heterocycles. The summed E-state index contributed by atoms with van der Waals surface area (Å²) < 4.78 is 1.80. The van der Waals surface area contributed by atoms with Crippen molar-refractivity contribution in [2.45, 2.75) is 32.9 Å². The second-order valence-corrected chi connectivity index (χ2v) is 7.40. The Labute approximate surface area is 156 Å². The minimum atomic E-state index is -1.08. The van der Waals surface area contributed by atoms with Gasteiger partial charge in [-0.25, -0.2) is 4.79 Å². The molecule has 0 spiro atoms. The largest absolute Gasteiger partial charge is 0.480 e. The van der Waals surface area contributed by atoms with Gasteiger partial charge in [-0.15, -0.1) is 11.3 Å². The van der Waals surface area contributed by atoms with Crippen LogP contribution in [-0.2, 0) is 16.1 Å². The molecule has 8 heteroatoms. The maximum absolute atomic E-state index is 12.3. The fourth-order valence-corrected chi connectivity index (χ4v) is 3.22. The molecule has 1 atom stereocenters. The van der Waals surface area contributed by atoms with Crippen LogP contribution in [0.15, 0.2) is 35.8 Å². The van der Waals surface area contributed by atoms with Gasteiger partial charge in [0.25, 0.3) is 5.91 Å². The topological polar surface area (TPSA) is 100 Å². The molecule has 0 fully saturated rings. The lowest BCUT2D eigenvalue weighted by Crippen LogP contribution is -2.46. The molecule has 0 aromatic carbocycles. The van der Waals surface area contributed by atoms with Gasteiger partial charge >= 0.3 is 5.97 Å². The highest BCUT2D eigenvalue weighted by Crippen LogP contribution is 2.13. The van der Waals surface area contributed by atoms with Gasteiger partial charge in [0.2, 0.25) is 5.91 Å². The fourth-order valence-electron chi connectivity index (χ4n) is 2.52. The summed E-state index contributed by atoms with van der Waals surface area (Å²) >= 11 is 1.60. The molecule has 140 valence electrons. The number of aliphatic carboxylic acids is 1. The Morgan fingerprint density at radius 1 is 1.23 bits per heavy atom. The van der Waals surface area contributed by atoms with Crippen molar-refractivity contribution in [3.63, 3.8) is 0 Å². The molecule has 0 bridgehead atoms. The van der Waals surface area contributed by atoms with Gasteiger partial charge in [0, 0.05) is 11.1 Å². The van der Waals surface area contributed by atoms with Crippen molar-refractivity contribution in [2.75, 3.05) is 6.54 Å². The first-order valence-electron chi connectivity index (χ1n) is 8.34. The lowest BCUT2D eigenvalue weighted by molar-refractivity contribution is -0.142. The first-order chi connectivity index (χ1) is 12.4. The summed E-state index contributed by atoms with van der Waals surface area (Å²) in [6.07, 6.45) is 2.14. The van der Waals surface area contributed by atoms with E-state index in [2.05, 4.69) is 10.6 Å². The molecule has 0 saturated carbocycles. The minimum absolute atomic E-state index is 0.131. The Morgan fingerprint density at radius 3 is 2.62 bits per heavy atom. The Balaban J connectivity index is 1.89. The molecule has 2 rings (SSSR count). The number of amides is 2. The molecule has 0 unspecified atom stereocenters. The van der Waals surface area contributed by atoms with E-state index < -0.39 is 17.9 Å². The second kappa shape index (κ2) is 9.19. The smallest absolute Gasteiger partial charge is 0.326 e. The number of carbonyl (C=O) groups excluding carboxylic acids is 2. The third kappa shape index (κ3) is 5.73. The summed E-state index contributed by atoms with van der Waals surface area (Å²) in [4.78, 5) is 36.6. The van der Waals surface area contributed by atoms with Gasteiger partial charge in [-0.1, -0.05) is 19.9 Å². The zero-order chi connectivity index (χ0) is 19.1. The van der Waals surface area contributed by atoms with Crippen LogP contribution in [0.3, 0.4) is 0 Å². The average Bonchev–Trinajstić information content (AvgIpc) is 3.23. The highest BCUT2D eigenvalue weighted by Gasteiger charge is 2.21. The van der Waals surface area contributed by atoms with Gasteiger partial charge in [-0.2, -0.15) is 0 Å². The van der Waals surface area contributed by atoms with Crippen LogP contribution < -0.4 is 10.6 Å². The monoisotopic (exact) mass is 377 g/mol. The molecule has 0 aliphatic carbocycles. The summed E-state index contributed by atoms with van der Waals surface area (Å²) in [6.45, 7) is 4.07. The number of hydrogen-bond acceptors (Lipinski definition) is 4. The Kier molecular flexibility index (Phi) is 6.97. The van der Waals surface area contributed by atoms with E-state index in [1.807, 2.05) is 31.4 Å². The van der Waals surface area contributed by atoms with Crippen molar-refractivity contribution >= 4 is 29.1 Å². The van der Waals surface area contributed by atoms with E-state index >= 15 is 0 Å². The van der Waals surface area contributed by atoms with E-state index in [9.17, 15) is 14.4 Å². The standard InChI is InChI=1S/C18H23N3O4S/c1-12(2)9-14(18(24)25)20-16(22)10-19-17(23)15-6-3-7-21(15)11-13-5-4-8-26-13/h3-8,12,14H,9-11H2,1-2H3,(H,19,23)(H,20,22)(H,24,25)/t14-/m0/s1. The molecule has 2 aromatic heterocycles. The zero-order valence-electron chi connectivity index (χ0n) is 14.8. The van der Waals surface area contributed by atoms with Crippen LogP contribution in [-0.4, -0.2) is 40.0 Å². The van der Waals surface area contributed by atoms with Gasteiger partial charge < -0.3 is 20.3 Å². The lowest BCUT2D eigenvalue weighted by Gasteiger charge is -2.16. The van der Waals surface area contributed by atoms with Gasteiger partial charge in [0.15, 0.2) is 0 Å². The SMILES string of the molecule is CC(C)C[C@H](NC(=O)CNC(=O)c1cccn1Cc1cccs1)C(=O)O. The van der Waals surface area contributed by atoms with E-state index in [4.69, 9.17) is 5.11 Å². The van der Waals surface area contributed by atoms with Gasteiger partial charge in [-0.3, -0.25) is 9.59 Å². The predicted octanol–water partition coefficient (Wildman–Crippen LogP) is 1.94. The number of aromatic nitrogens is 1. The third-order valence-corrected chi connectivity index (χ3v) is 4.58. The van der Waals surface area contributed by atoms with E-state index in [1.54, 1.807) is 34.2 Å². The van der Waals surface area contributed by atoms with Crippen LogP contribution >= 0.6 is 11.3 Å². The van der Waals surface area contributed by atoms with Gasteiger partial charge in [-0.05, 0) is 35.9 Å². The lowest BCUT2D eigenvalue weighted by atomic mass is 10.0. The van der Waals surface area contributed by atoms with Crippen LogP contribution in [0.5, 0.6) is 0 Å². The second-order valence-electron chi connectivity index (χ2n) is 6.37. The number of rotatable bonds is 9. The number of nitrogens with one attached hydrogen (secondary N) is 2. The first kappa shape index (κ1) is 19.7. The van der Waals surface area contributed by atoms with Crippen molar-refractivity contribution < 1.29 is 19.5 Å². The van der Waals surface area contributed by atoms with Crippen molar-refractivity contribution in [2.24, 2.45) is 5.92 Å². The van der Waals surface area contributed by atoms with Crippen molar-refractivity contribution in [1.82, 2.24) is 15.2 Å². The van der Waals surface area contributed by atoms with E-state index in [0.29, 0.717) is 18.7 Å². The van der Waals surface area contributed by atoms with Gasteiger partial charge in [0.1, 0.15) is 11.7 Å². The number of carbonyl (C=O) groups is 3. The molecule has 7 nitrogen and oxygen atoms in total. The highest BCUT2D eigenvalue weighted by atomic mass is 32.1. The number of carboxylic acids is 1. The summed E-state index contributed by atoms with van der Waals surface area (Å²) in [6, 6.07) is 6.43. The summed E-state index contributed by atoms with van der Waals surface area (Å²) in [5.74, 6) is -1.85. The number of carboxylic acid groups (broad SMARTS) is 1. The van der Waals surface area contributed by atoms with Gasteiger partial charge in [0.05, 0.1) is 13.1 Å². The third-order valence-electron chi connectivity index (χ3n) is 3.72. The molecule has 2 heterocycles. The molecular formula is C18H23N3O4S. The molecule has 3 N–H and O–H groups in total. The quantitative estimate of drug-likeness (QED) is 0.622. The molecule has 0 aliphatic rings. The maximum Gasteiger partial charge on any atom is 0.326 e. The summed E-state index contributed by atoms with van der Waals surface area (Å²) in [5, 5.41) is 16.1. The summed E-state index contributed by atoms with van der Waals surface area (Å²) in [5.41, 5.74) is 0.447. The van der Waals surface area contributed by atoms with E-state index in [1.165, 1.54) is 0 Å². The van der Waals surface area contributed by atoms with E-state index in [0.717, 1.165) is 4.88 Å². The highest BCUT2D eigenvalue weighted by molar-refractivity contribution is 7.09. The number of nitrogens with zero attached hydrogens (tertiary/aromatic N) is 1. The Bertz CT molecular complexity index is 752. The summed E-state index contributed by atoms with van der Waals surface area (Å²) in [7, 11) is 0. The minimum Gasteiger partial charge on any atom is -0.480 e. The van der Waals surface area contributed by atoms with Crippen LogP contribution in [0.2, 0.25) is 0 Å². The molecular weight excluding hydrogens is 354 g/mol. The first-order valence-corrected chi connectivity index (χ1v) is 9.22. The zero-order valence-corrected chi connectivity index (χ0v) is 15.6. The van der Waals surface area contributed by atoms with E-state index in [-0.39, 0.29) is 18.4 Å². The fraction of sp³-hybridized carbons (Fsp3) is 0.389. The van der Waals surface area contributed by atoms with Crippen molar-refractivity contribution in [1.29, 1.82) is 0 Å². The van der Waals surface area contributed by atoms with Crippen molar-refractivity contribution in [3.05, 3.63) is 46.4 Å². The molecule has 0 radical (unpaired) electrons. The van der Waals surface area contributed by atoms with Crippen molar-refractivity contribution in [3.8, 4) is 0 Å². The normalized spacial score (nSPS) is 12.0. The predicted molar refractivity (Wildman–Crippen MR) is 99.2 cm³/mol. The number of thiophene rings is 1. The Hall–Kier alpha value is -2.61. The Morgan fingerprint density at radius 2 is 2.00 bits per heavy atom. The molecule has 26 heavy (non-hydrogen) atoms. The van der Waals surface area contributed by atoms with Crippen LogP contribution in [0.4, 0.5) is 0 Å². The maximum atomic E-state index is 12.3. The van der Waals surface area contributed by atoms with Crippen LogP contribution in [0.25, 0.3) is 0 Å². The average molecular weight is 377 g/mol. The van der Waals surface area contributed by atoms with Crippen LogP contribution in [0, 0.1) is 5.92 Å². The number of hydrogen-bond donors (Lipinski definition) is 3.